The normalized spacial score (nSPS) is 15.5. The van der Waals surface area contributed by atoms with Gasteiger partial charge < -0.3 is 10.6 Å². The lowest BCUT2D eigenvalue weighted by molar-refractivity contribution is -0.122. The Morgan fingerprint density at radius 3 is 2.46 bits per heavy atom. The van der Waals surface area contributed by atoms with Crippen molar-refractivity contribution >= 4 is 21.8 Å². The Bertz CT molecular complexity index is 760. The van der Waals surface area contributed by atoms with Crippen molar-refractivity contribution in [2.45, 2.75) is 50.8 Å². The van der Waals surface area contributed by atoms with Gasteiger partial charge in [0.1, 0.15) is 0 Å². The molecule has 0 aliphatic carbocycles. The van der Waals surface area contributed by atoms with Crippen molar-refractivity contribution in [3.05, 3.63) is 29.8 Å². The molecule has 0 aromatic heterocycles. The van der Waals surface area contributed by atoms with Crippen molar-refractivity contribution < 1.29 is 18.0 Å². The first kappa shape index (κ1) is 22.4. The van der Waals surface area contributed by atoms with Gasteiger partial charge in [0.2, 0.25) is 15.9 Å². The number of amides is 2. The first-order valence-electron chi connectivity index (χ1n) is 9.96. The topological polar surface area (TPSA) is 95.6 Å². The number of carbonyl (C=O) groups is 2. The van der Waals surface area contributed by atoms with Crippen LogP contribution in [0.3, 0.4) is 0 Å². The molecule has 2 N–H and O–H groups in total. The average molecular weight is 410 g/mol. The number of piperazine rings is 1. The molecule has 7 nitrogen and oxygen atoms in total. The molecular formula is C20H31N3O4S. The number of unbranched alkanes of at least 4 members (excludes halogenated alkanes) is 3. The summed E-state index contributed by atoms with van der Waals surface area (Å²) in [5.41, 5.74) is 0.426. The van der Waals surface area contributed by atoms with Crippen molar-refractivity contribution in [1.82, 2.24) is 14.9 Å². The molecule has 0 atom stereocenters. The summed E-state index contributed by atoms with van der Waals surface area (Å²) in [5, 5.41) is 5.48. The summed E-state index contributed by atoms with van der Waals surface area (Å²) in [6.45, 7) is 5.43. The molecule has 2 amide bonds. The van der Waals surface area contributed by atoms with E-state index in [4.69, 9.17) is 0 Å². The molecule has 1 aromatic rings. The molecule has 2 rings (SSSR count). The Labute approximate surface area is 167 Å². The molecular weight excluding hydrogens is 378 g/mol. The van der Waals surface area contributed by atoms with Crippen molar-refractivity contribution in [2.24, 2.45) is 5.92 Å². The van der Waals surface area contributed by atoms with E-state index >= 15 is 0 Å². The zero-order valence-electron chi connectivity index (χ0n) is 16.7. The van der Waals surface area contributed by atoms with Crippen LogP contribution in [0, 0.1) is 5.92 Å². The second-order valence-corrected chi connectivity index (χ2v) is 9.50. The number of carbonyl (C=O) groups excluding carboxylic acids is 2. The van der Waals surface area contributed by atoms with Crippen molar-refractivity contribution in [3.8, 4) is 0 Å². The Hall–Kier alpha value is -1.93. The molecule has 1 aliphatic heterocycles. The van der Waals surface area contributed by atoms with Crippen LogP contribution in [0.4, 0.5) is 0 Å². The van der Waals surface area contributed by atoms with Gasteiger partial charge in [-0.2, -0.15) is 4.31 Å². The highest BCUT2D eigenvalue weighted by atomic mass is 32.2. The average Bonchev–Trinajstić information content (AvgIpc) is 2.67. The molecule has 0 saturated carbocycles. The number of benzene rings is 1. The van der Waals surface area contributed by atoms with Gasteiger partial charge in [0.15, 0.2) is 0 Å². The molecule has 0 bridgehead atoms. The standard InChI is InChI=1S/C20H31N3O4S/c1-16(2)7-5-3-4-6-12-22-20(25)17-8-10-18(11-9-17)28(26,27)23-14-13-21-19(24)15-23/h8-11,16H,3-7,12-15H2,1-2H3,(H,21,24)(H,22,25). The number of nitrogens with zero attached hydrogens (tertiary/aromatic N) is 1. The highest BCUT2D eigenvalue weighted by Gasteiger charge is 2.29. The maximum atomic E-state index is 12.6. The molecule has 8 heteroatoms. The summed E-state index contributed by atoms with van der Waals surface area (Å²) in [6.07, 6.45) is 5.67. The number of hydrogen-bond acceptors (Lipinski definition) is 4. The Morgan fingerprint density at radius 1 is 1.14 bits per heavy atom. The third-order valence-corrected chi connectivity index (χ3v) is 6.61. The van der Waals surface area contributed by atoms with Gasteiger partial charge in [-0.1, -0.05) is 39.5 Å². The fourth-order valence-electron chi connectivity index (χ4n) is 3.08. The van der Waals surface area contributed by atoms with Gasteiger partial charge >= 0.3 is 0 Å². The van der Waals surface area contributed by atoms with Crippen LogP contribution in [-0.2, 0) is 14.8 Å². The number of sulfonamides is 1. The Morgan fingerprint density at radius 2 is 1.82 bits per heavy atom. The van der Waals surface area contributed by atoms with Crippen molar-refractivity contribution in [3.63, 3.8) is 0 Å². The van der Waals surface area contributed by atoms with E-state index in [1.165, 1.54) is 43.5 Å². The Kier molecular flexibility index (Phi) is 8.44. The summed E-state index contributed by atoms with van der Waals surface area (Å²) in [7, 11) is -3.73. The maximum Gasteiger partial charge on any atom is 0.251 e. The third-order valence-electron chi connectivity index (χ3n) is 4.75. The van der Waals surface area contributed by atoms with Gasteiger partial charge in [0, 0.05) is 25.2 Å². The van der Waals surface area contributed by atoms with Crippen LogP contribution in [0.1, 0.15) is 56.3 Å². The smallest absolute Gasteiger partial charge is 0.251 e. The maximum absolute atomic E-state index is 12.6. The lowest BCUT2D eigenvalue weighted by Gasteiger charge is -2.25. The molecule has 0 unspecified atom stereocenters. The first-order chi connectivity index (χ1) is 13.3. The molecule has 1 heterocycles. The predicted molar refractivity (Wildman–Crippen MR) is 108 cm³/mol. The van der Waals surface area contributed by atoms with Gasteiger partial charge in [0.05, 0.1) is 11.4 Å². The molecule has 1 aliphatic rings. The minimum absolute atomic E-state index is 0.0869. The van der Waals surface area contributed by atoms with Gasteiger partial charge in [-0.3, -0.25) is 9.59 Å². The van der Waals surface area contributed by atoms with Gasteiger partial charge in [0.25, 0.3) is 5.91 Å². The fraction of sp³-hybridized carbons (Fsp3) is 0.600. The lowest BCUT2D eigenvalue weighted by Crippen LogP contribution is -2.49. The quantitative estimate of drug-likeness (QED) is 0.579. The second-order valence-electron chi connectivity index (χ2n) is 7.57. The molecule has 0 radical (unpaired) electrons. The fourth-order valence-corrected chi connectivity index (χ4v) is 4.48. The molecule has 28 heavy (non-hydrogen) atoms. The summed E-state index contributed by atoms with van der Waals surface area (Å²) in [6, 6.07) is 5.86. The monoisotopic (exact) mass is 409 g/mol. The van der Waals surface area contributed by atoms with Gasteiger partial charge in [-0.15, -0.1) is 0 Å². The zero-order valence-corrected chi connectivity index (χ0v) is 17.6. The molecule has 1 aromatic carbocycles. The van der Waals surface area contributed by atoms with E-state index in [0.29, 0.717) is 18.7 Å². The van der Waals surface area contributed by atoms with Crippen molar-refractivity contribution in [2.75, 3.05) is 26.2 Å². The number of hydrogen-bond donors (Lipinski definition) is 2. The Balaban J connectivity index is 1.81. The highest BCUT2D eigenvalue weighted by Crippen LogP contribution is 2.17. The van der Waals surface area contributed by atoms with Crippen LogP contribution in [0.25, 0.3) is 0 Å². The van der Waals surface area contributed by atoms with Crippen LogP contribution >= 0.6 is 0 Å². The minimum atomic E-state index is -3.73. The number of rotatable bonds is 10. The third kappa shape index (κ3) is 6.60. The van der Waals surface area contributed by atoms with E-state index in [2.05, 4.69) is 24.5 Å². The van der Waals surface area contributed by atoms with E-state index in [9.17, 15) is 18.0 Å². The number of nitrogens with one attached hydrogen (secondary N) is 2. The van der Waals surface area contributed by atoms with Crippen molar-refractivity contribution in [1.29, 1.82) is 0 Å². The van der Waals surface area contributed by atoms with Crippen LogP contribution < -0.4 is 10.6 Å². The molecule has 1 saturated heterocycles. The van der Waals surface area contributed by atoms with Crippen LogP contribution in [-0.4, -0.2) is 50.7 Å². The SMILES string of the molecule is CC(C)CCCCCCNC(=O)c1ccc(S(=O)(=O)N2CCNC(=O)C2)cc1. The summed E-state index contributed by atoms with van der Waals surface area (Å²) in [4.78, 5) is 23.7. The second kappa shape index (κ2) is 10.6. The highest BCUT2D eigenvalue weighted by molar-refractivity contribution is 7.89. The van der Waals surface area contributed by atoms with E-state index in [0.717, 1.165) is 23.1 Å². The van der Waals surface area contributed by atoms with E-state index in [1.807, 2.05) is 0 Å². The zero-order chi connectivity index (χ0) is 20.6. The van der Waals surface area contributed by atoms with Crippen LogP contribution in [0.2, 0.25) is 0 Å². The van der Waals surface area contributed by atoms with E-state index < -0.39 is 10.0 Å². The van der Waals surface area contributed by atoms with Gasteiger partial charge in [-0.05, 0) is 36.6 Å². The molecule has 0 spiro atoms. The predicted octanol–water partition coefficient (Wildman–Crippen LogP) is 2.14. The van der Waals surface area contributed by atoms with Crippen LogP contribution in [0.5, 0.6) is 0 Å². The first-order valence-corrected chi connectivity index (χ1v) is 11.4. The summed E-state index contributed by atoms with van der Waals surface area (Å²) < 4.78 is 26.4. The lowest BCUT2D eigenvalue weighted by atomic mass is 10.0. The summed E-state index contributed by atoms with van der Waals surface area (Å²) >= 11 is 0. The van der Waals surface area contributed by atoms with E-state index in [-0.39, 0.29) is 29.8 Å². The van der Waals surface area contributed by atoms with Crippen LogP contribution in [0.15, 0.2) is 29.2 Å². The largest absolute Gasteiger partial charge is 0.354 e. The van der Waals surface area contributed by atoms with E-state index in [1.54, 1.807) is 0 Å². The molecule has 156 valence electrons. The molecule has 1 fully saturated rings. The summed E-state index contributed by atoms with van der Waals surface area (Å²) in [5.74, 6) is 0.220. The minimum Gasteiger partial charge on any atom is -0.354 e. The van der Waals surface area contributed by atoms with Gasteiger partial charge in [-0.25, -0.2) is 8.42 Å².